The zero-order chi connectivity index (χ0) is 23.1. The fourth-order valence-electron chi connectivity index (χ4n) is 3.72. The van der Waals surface area contributed by atoms with Crippen molar-refractivity contribution in [2.75, 3.05) is 58.5 Å². The van der Waals surface area contributed by atoms with Gasteiger partial charge in [0.15, 0.2) is 0 Å². The van der Waals surface area contributed by atoms with E-state index in [0.29, 0.717) is 49.9 Å². The normalized spacial score (nSPS) is 15.6. The highest BCUT2D eigenvalue weighted by Crippen LogP contribution is 2.32. The third kappa shape index (κ3) is 7.67. The van der Waals surface area contributed by atoms with Gasteiger partial charge in [0.2, 0.25) is 0 Å². The highest BCUT2D eigenvalue weighted by atomic mass is 35.5. The average molecular weight is 491 g/mol. The van der Waals surface area contributed by atoms with Crippen molar-refractivity contribution in [3.05, 3.63) is 53.6 Å². The summed E-state index contributed by atoms with van der Waals surface area (Å²) >= 11 is 0. The van der Waals surface area contributed by atoms with E-state index in [9.17, 15) is 18.3 Å². The molecular weight excluding hydrogens is 461 g/mol. The van der Waals surface area contributed by atoms with Gasteiger partial charge in [0.05, 0.1) is 39.1 Å². The number of rotatable bonds is 9. The molecule has 2 aromatic rings. The van der Waals surface area contributed by atoms with Crippen LogP contribution in [0.1, 0.15) is 11.1 Å². The van der Waals surface area contributed by atoms with Crippen molar-refractivity contribution in [3.63, 3.8) is 0 Å². The molecule has 1 aliphatic heterocycles. The Kier molecular flexibility index (Phi) is 10.1. The highest BCUT2D eigenvalue weighted by Gasteiger charge is 2.31. The van der Waals surface area contributed by atoms with Crippen LogP contribution in [0.2, 0.25) is 0 Å². The van der Waals surface area contributed by atoms with Gasteiger partial charge in [-0.3, -0.25) is 4.90 Å². The summed E-state index contributed by atoms with van der Waals surface area (Å²) < 4.78 is 55.1. The van der Waals surface area contributed by atoms with Crippen molar-refractivity contribution < 1.29 is 32.5 Å². The maximum Gasteiger partial charge on any atom is 0.416 e. The van der Waals surface area contributed by atoms with Crippen molar-refractivity contribution >= 4 is 18.1 Å². The van der Waals surface area contributed by atoms with Crippen LogP contribution in [0.25, 0.3) is 0 Å². The lowest BCUT2D eigenvalue weighted by molar-refractivity contribution is -0.137. The van der Waals surface area contributed by atoms with Gasteiger partial charge in [0.25, 0.3) is 0 Å². The molecule has 0 radical (unpaired) electrons. The lowest BCUT2D eigenvalue weighted by Gasteiger charge is -2.37. The van der Waals surface area contributed by atoms with Crippen molar-refractivity contribution in [1.29, 1.82) is 0 Å². The van der Waals surface area contributed by atoms with Gasteiger partial charge in [0.1, 0.15) is 11.5 Å². The van der Waals surface area contributed by atoms with Crippen molar-refractivity contribution in [3.8, 4) is 11.5 Å². The number of alkyl halides is 3. The summed E-state index contributed by atoms with van der Waals surface area (Å²) in [6.45, 7) is 3.36. The molecule has 0 aromatic heterocycles. The molecule has 1 aliphatic rings. The fraction of sp³-hybridized carbons (Fsp3) is 0.478. The molecule has 33 heavy (non-hydrogen) atoms. The molecule has 1 heterocycles. The monoisotopic (exact) mass is 490 g/mol. The van der Waals surface area contributed by atoms with E-state index < -0.39 is 17.8 Å². The second-order valence-corrected chi connectivity index (χ2v) is 7.68. The third-order valence-corrected chi connectivity index (χ3v) is 5.44. The summed E-state index contributed by atoms with van der Waals surface area (Å²) in [7, 11) is 3.17. The van der Waals surface area contributed by atoms with Crippen LogP contribution < -0.4 is 14.4 Å². The predicted octanol–water partition coefficient (Wildman–Crippen LogP) is 3.84. The van der Waals surface area contributed by atoms with Crippen LogP contribution >= 0.6 is 12.4 Å². The van der Waals surface area contributed by atoms with Gasteiger partial charge in [-0.05, 0) is 36.4 Å². The van der Waals surface area contributed by atoms with Crippen LogP contribution in [0, 0.1) is 0 Å². The number of nitrogens with zero attached hydrogens (tertiary/aromatic N) is 2. The lowest BCUT2D eigenvalue weighted by atomic mass is 10.1. The Morgan fingerprint density at radius 2 is 1.73 bits per heavy atom. The molecule has 1 unspecified atom stereocenters. The van der Waals surface area contributed by atoms with Gasteiger partial charge in [-0.25, -0.2) is 0 Å². The molecule has 1 saturated heterocycles. The third-order valence-electron chi connectivity index (χ3n) is 5.44. The summed E-state index contributed by atoms with van der Waals surface area (Å²) in [5.74, 6) is 1.38. The Morgan fingerprint density at radius 1 is 1.00 bits per heavy atom. The molecule has 1 N–H and O–H groups in total. The smallest absolute Gasteiger partial charge is 0.416 e. The summed E-state index contributed by atoms with van der Waals surface area (Å²) in [6, 6.07) is 10.8. The molecule has 0 aliphatic carbocycles. The zero-order valence-electron chi connectivity index (χ0n) is 18.7. The number of methoxy groups -OCH3 is 2. The number of aliphatic hydroxyl groups excluding tert-OH is 1. The van der Waals surface area contributed by atoms with E-state index in [1.165, 1.54) is 12.1 Å². The second-order valence-electron chi connectivity index (χ2n) is 7.68. The summed E-state index contributed by atoms with van der Waals surface area (Å²) in [4.78, 5) is 4.02. The van der Waals surface area contributed by atoms with Gasteiger partial charge in [-0.1, -0.05) is 6.07 Å². The van der Waals surface area contributed by atoms with Crippen LogP contribution in [-0.4, -0.2) is 69.7 Å². The molecule has 3 rings (SSSR count). The Morgan fingerprint density at radius 3 is 2.36 bits per heavy atom. The Hall–Kier alpha value is -2.20. The number of β-amino-alcohol motifs (C(OH)–C–C–N with tert-alkyl or cyclic N) is 1. The van der Waals surface area contributed by atoms with E-state index in [1.54, 1.807) is 32.4 Å². The molecule has 184 valence electrons. The topological polar surface area (TPSA) is 54.4 Å². The number of aliphatic hydroxyl groups is 1. The van der Waals surface area contributed by atoms with Crippen LogP contribution in [0.15, 0.2) is 42.5 Å². The SMILES string of the molecule is COc1ccc(OC)c(COCC(O)CN2CCN(c3cccc(C(F)(F)F)c3)CC2)c1.Cl. The molecule has 6 nitrogen and oxygen atoms in total. The van der Waals surface area contributed by atoms with Gasteiger partial charge in [-0.15, -0.1) is 12.4 Å². The molecule has 1 atom stereocenters. The van der Waals surface area contributed by atoms with Crippen molar-refractivity contribution in [2.45, 2.75) is 18.9 Å². The maximum atomic E-state index is 13.0. The van der Waals surface area contributed by atoms with Crippen LogP contribution in [0.4, 0.5) is 18.9 Å². The molecule has 0 saturated carbocycles. The lowest BCUT2D eigenvalue weighted by Crippen LogP contribution is -2.49. The molecule has 2 aromatic carbocycles. The molecule has 0 spiro atoms. The van der Waals surface area contributed by atoms with Crippen molar-refractivity contribution in [2.24, 2.45) is 0 Å². The number of halogens is 4. The summed E-state index contributed by atoms with van der Waals surface area (Å²) in [6.07, 6.45) is -5.02. The first-order valence-corrected chi connectivity index (χ1v) is 10.4. The zero-order valence-corrected chi connectivity index (χ0v) is 19.5. The molecule has 10 heteroatoms. The molecule has 0 bridgehead atoms. The Balaban J connectivity index is 0.00000385. The van der Waals surface area contributed by atoms with Gasteiger partial charge >= 0.3 is 6.18 Å². The van der Waals surface area contributed by atoms with E-state index in [2.05, 4.69) is 4.90 Å². The fourth-order valence-corrected chi connectivity index (χ4v) is 3.72. The van der Waals surface area contributed by atoms with E-state index in [0.717, 1.165) is 11.6 Å². The van der Waals surface area contributed by atoms with E-state index >= 15 is 0 Å². The average Bonchev–Trinajstić information content (AvgIpc) is 2.79. The van der Waals surface area contributed by atoms with E-state index in [1.807, 2.05) is 11.0 Å². The first kappa shape index (κ1) is 27.0. The molecular formula is C23H30ClF3N2O4. The number of hydrogen-bond donors (Lipinski definition) is 1. The second kappa shape index (κ2) is 12.3. The van der Waals surface area contributed by atoms with E-state index in [-0.39, 0.29) is 25.6 Å². The summed E-state index contributed by atoms with van der Waals surface area (Å²) in [5, 5.41) is 10.4. The summed E-state index contributed by atoms with van der Waals surface area (Å²) in [5.41, 5.74) is 0.752. The first-order valence-electron chi connectivity index (χ1n) is 10.4. The van der Waals surface area contributed by atoms with E-state index in [4.69, 9.17) is 14.2 Å². The first-order chi connectivity index (χ1) is 15.3. The number of benzene rings is 2. The Labute approximate surface area is 198 Å². The number of hydrogen-bond acceptors (Lipinski definition) is 6. The molecule has 0 amide bonds. The van der Waals surface area contributed by atoms with Crippen LogP contribution in [0.5, 0.6) is 11.5 Å². The van der Waals surface area contributed by atoms with Gasteiger partial charge in [-0.2, -0.15) is 13.2 Å². The number of piperazine rings is 1. The molecule has 1 fully saturated rings. The Bertz CT molecular complexity index is 877. The van der Waals surface area contributed by atoms with Crippen molar-refractivity contribution in [1.82, 2.24) is 4.90 Å². The number of ether oxygens (including phenoxy) is 3. The number of anilines is 1. The maximum absolute atomic E-state index is 13.0. The highest BCUT2D eigenvalue weighted by molar-refractivity contribution is 5.85. The minimum atomic E-state index is -4.35. The minimum Gasteiger partial charge on any atom is -0.497 e. The van der Waals surface area contributed by atoms with Crippen LogP contribution in [0.3, 0.4) is 0 Å². The predicted molar refractivity (Wildman–Crippen MR) is 123 cm³/mol. The minimum absolute atomic E-state index is 0. The largest absolute Gasteiger partial charge is 0.497 e. The standard InChI is InChI=1S/C23H29F3N2O4.ClH/c1-30-21-6-7-22(31-2)17(12-21)15-32-16-20(29)14-27-8-10-28(11-9-27)19-5-3-4-18(13-19)23(24,25)26;/h3-7,12-13,20,29H,8-11,14-16H2,1-2H3;1H. The van der Waals surface area contributed by atoms with Gasteiger partial charge < -0.3 is 24.2 Å². The quantitative estimate of drug-likeness (QED) is 0.576. The van der Waals surface area contributed by atoms with Crippen LogP contribution in [-0.2, 0) is 17.5 Å². The van der Waals surface area contributed by atoms with Gasteiger partial charge in [0, 0.05) is 44.0 Å².